The first-order valence-corrected chi connectivity index (χ1v) is 12.0. The second-order valence-electron chi connectivity index (χ2n) is 8.00. The van der Waals surface area contributed by atoms with Crippen molar-refractivity contribution in [3.05, 3.63) is 64.4 Å². The quantitative estimate of drug-likeness (QED) is 0.430. The van der Waals surface area contributed by atoms with Crippen LogP contribution in [0.2, 0.25) is 5.02 Å². The molecule has 1 aliphatic rings. The average Bonchev–Trinajstić information content (AvgIpc) is 3.16. The Balaban J connectivity index is 1.53. The molecule has 4 amide bonds. The number of rotatable bonds is 7. The zero-order chi connectivity index (χ0) is 24.2. The summed E-state index contributed by atoms with van der Waals surface area (Å²) < 4.78 is 1.85. The zero-order valence-corrected chi connectivity index (χ0v) is 20.2. The molecule has 176 valence electrons. The van der Waals surface area contributed by atoms with Crippen LogP contribution in [-0.4, -0.2) is 44.4 Å². The molecule has 1 aromatic heterocycles. The van der Waals surface area contributed by atoms with Gasteiger partial charge in [0.05, 0.1) is 5.75 Å². The van der Waals surface area contributed by atoms with Crippen LogP contribution in [0, 0.1) is 13.8 Å². The van der Waals surface area contributed by atoms with Crippen LogP contribution >= 0.6 is 23.4 Å². The number of aromatic nitrogens is 3. The van der Waals surface area contributed by atoms with Gasteiger partial charge in [-0.25, -0.2) is 4.79 Å². The Morgan fingerprint density at radius 1 is 1.21 bits per heavy atom. The van der Waals surface area contributed by atoms with E-state index in [1.807, 2.05) is 48.7 Å². The van der Waals surface area contributed by atoms with E-state index in [-0.39, 0.29) is 24.0 Å². The number of halogens is 1. The van der Waals surface area contributed by atoms with Crippen LogP contribution in [0.3, 0.4) is 0 Å². The van der Waals surface area contributed by atoms with E-state index in [9.17, 15) is 14.4 Å². The number of nitrogens with one attached hydrogen (secondary N) is 3. The molecule has 0 radical (unpaired) electrons. The summed E-state index contributed by atoms with van der Waals surface area (Å²) in [4.78, 5) is 36.0. The molecular weight excluding hydrogens is 476 g/mol. The first-order chi connectivity index (χ1) is 16.3. The number of carbonyl (C=O) groups excluding carboxylic acids is 3. The Morgan fingerprint density at radius 2 is 2.03 bits per heavy atom. The smallest absolute Gasteiger partial charge is 0.321 e. The molecule has 34 heavy (non-hydrogen) atoms. The van der Waals surface area contributed by atoms with Crippen molar-refractivity contribution >= 4 is 46.9 Å². The van der Waals surface area contributed by atoms with E-state index in [4.69, 9.17) is 11.6 Å². The van der Waals surface area contributed by atoms with Gasteiger partial charge in [-0.05, 0) is 49.2 Å². The predicted molar refractivity (Wildman–Crippen MR) is 130 cm³/mol. The summed E-state index contributed by atoms with van der Waals surface area (Å²) in [5.41, 5.74) is 3.43. The molecule has 0 aliphatic carbocycles. The minimum absolute atomic E-state index is 0.109. The number of hydrogen-bond donors (Lipinski definition) is 3. The number of benzene rings is 2. The van der Waals surface area contributed by atoms with E-state index >= 15 is 0 Å². The van der Waals surface area contributed by atoms with Crippen molar-refractivity contribution in [2.24, 2.45) is 0 Å². The molecule has 0 spiro atoms. The van der Waals surface area contributed by atoms with Gasteiger partial charge in [-0.1, -0.05) is 41.6 Å². The zero-order valence-electron chi connectivity index (χ0n) is 18.6. The topological polar surface area (TPSA) is 118 Å². The van der Waals surface area contributed by atoms with Crippen molar-refractivity contribution in [2.75, 3.05) is 11.1 Å². The van der Waals surface area contributed by atoms with Crippen molar-refractivity contribution in [1.82, 2.24) is 25.4 Å². The normalized spacial score (nSPS) is 15.6. The van der Waals surface area contributed by atoms with Gasteiger partial charge in [-0.3, -0.25) is 19.5 Å². The molecule has 3 aromatic rings. The molecule has 0 saturated carbocycles. The standard InChI is InChI=1S/C23H23ClN6O3S/c1-13-4-3-5-17(8-13)30-19(10-16-11-20(31)27-22(33)26-16)28-29-23(30)34-12-21(32)25-15-7-6-14(2)18(24)9-15/h3-9,16H,10-12H2,1-2H3,(H,25,32)(H2,26,27,31,33). The fraction of sp³-hybridized carbons (Fsp3) is 0.261. The van der Waals surface area contributed by atoms with Crippen LogP contribution in [-0.2, 0) is 16.0 Å². The van der Waals surface area contributed by atoms with Crippen LogP contribution < -0.4 is 16.0 Å². The average molecular weight is 499 g/mol. The van der Waals surface area contributed by atoms with Crippen molar-refractivity contribution < 1.29 is 14.4 Å². The molecule has 1 atom stereocenters. The van der Waals surface area contributed by atoms with E-state index in [2.05, 4.69) is 26.1 Å². The van der Waals surface area contributed by atoms with Crippen LogP contribution in [0.25, 0.3) is 5.69 Å². The highest BCUT2D eigenvalue weighted by molar-refractivity contribution is 7.99. The Bertz CT molecular complexity index is 1250. The van der Waals surface area contributed by atoms with Gasteiger partial charge in [0.1, 0.15) is 5.82 Å². The highest BCUT2D eigenvalue weighted by Gasteiger charge is 2.27. The number of anilines is 1. The third-order valence-electron chi connectivity index (χ3n) is 5.20. The van der Waals surface area contributed by atoms with Gasteiger partial charge in [-0.2, -0.15) is 0 Å². The monoisotopic (exact) mass is 498 g/mol. The number of hydrogen-bond acceptors (Lipinski definition) is 6. The first kappa shape index (κ1) is 23.8. The van der Waals surface area contributed by atoms with Gasteiger partial charge in [-0.15, -0.1) is 10.2 Å². The Kier molecular flexibility index (Phi) is 7.18. The number of amides is 4. The van der Waals surface area contributed by atoms with E-state index in [1.54, 1.807) is 12.1 Å². The second kappa shape index (κ2) is 10.3. The minimum Gasteiger partial charge on any atom is -0.334 e. The summed E-state index contributed by atoms with van der Waals surface area (Å²) in [6, 6.07) is 12.2. The third kappa shape index (κ3) is 5.75. The van der Waals surface area contributed by atoms with Crippen LogP contribution in [0.1, 0.15) is 23.4 Å². The molecule has 9 nitrogen and oxygen atoms in total. The Hall–Kier alpha value is -3.37. The summed E-state index contributed by atoms with van der Waals surface area (Å²) in [6.45, 7) is 3.87. The highest BCUT2D eigenvalue weighted by Crippen LogP contribution is 2.25. The van der Waals surface area contributed by atoms with Gasteiger partial charge in [0.2, 0.25) is 11.8 Å². The molecule has 11 heteroatoms. The second-order valence-corrected chi connectivity index (χ2v) is 9.35. The van der Waals surface area contributed by atoms with E-state index in [0.717, 1.165) is 16.8 Å². The summed E-state index contributed by atoms with van der Waals surface area (Å²) in [7, 11) is 0. The lowest BCUT2D eigenvalue weighted by atomic mass is 10.1. The summed E-state index contributed by atoms with van der Waals surface area (Å²) in [6.07, 6.45) is 0.463. The number of urea groups is 1. The van der Waals surface area contributed by atoms with Crippen LogP contribution in [0.15, 0.2) is 47.6 Å². The van der Waals surface area contributed by atoms with Crippen molar-refractivity contribution in [3.63, 3.8) is 0 Å². The van der Waals surface area contributed by atoms with Crippen molar-refractivity contribution in [2.45, 2.75) is 37.9 Å². The number of carbonyl (C=O) groups is 3. The number of imide groups is 1. The maximum Gasteiger partial charge on any atom is 0.321 e. The molecule has 4 rings (SSSR count). The molecule has 2 heterocycles. The third-order valence-corrected chi connectivity index (χ3v) is 6.53. The summed E-state index contributed by atoms with van der Waals surface area (Å²) >= 11 is 7.39. The van der Waals surface area contributed by atoms with Crippen LogP contribution in [0.4, 0.5) is 10.5 Å². The maximum atomic E-state index is 12.6. The number of aryl methyl sites for hydroxylation is 2. The number of nitrogens with zero attached hydrogens (tertiary/aromatic N) is 3. The van der Waals surface area contributed by atoms with E-state index in [1.165, 1.54) is 11.8 Å². The molecule has 1 unspecified atom stereocenters. The first-order valence-electron chi connectivity index (χ1n) is 10.6. The molecule has 3 N–H and O–H groups in total. The molecule has 2 aromatic carbocycles. The van der Waals surface area contributed by atoms with Gasteiger partial charge in [0, 0.05) is 35.3 Å². The molecular formula is C23H23ClN6O3S. The van der Waals surface area contributed by atoms with Gasteiger partial charge in [0.15, 0.2) is 5.16 Å². The Labute approximate surface area is 205 Å². The summed E-state index contributed by atoms with van der Waals surface area (Å²) in [5, 5.41) is 17.5. The summed E-state index contributed by atoms with van der Waals surface area (Å²) in [5.74, 6) is 0.149. The molecule has 1 saturated heterocycles. The lowest BCUT2D eigenvalue weighted by Crippen LogP contribution is -2.53. The van der Waals surface area contributed by atoms with Gasteiger partial charge >= 0.3 is 6.03 Å². The van der Waals surface area contributed by atoms with E-state index in [0.29, 0.717) is 28.1 Å². The minimum atomic E-state index is -0.523. The molecule has 1 fully saturated rings. The van der Waals surface area contributed by atoms with Gasteiger partial charge in [0.25, 0.3) is 0 Å². The predicted octanol–water partition coefficient (Wildman–Crippen LogP) is 3.41. The van der Waals surface area contributed by atoms with Crippen molar-refractivity contribution in [1.29, 1.82) is 0 Å². The fourth-order valence-electron chi connectivity index (χ4n) is 3.57. The lowest BCUT2D eigenvalue weighted by Gasteiger charge is -2.23. The van der Waals surface area contributed by atoms with Gasteiger partial charge < -0.3 is 10.6 Å². The maximum absolute atomic E-state index is 12.6. The largest absolute Gasteiger partial charge is 0.334 e. The highest BCUT2D eigenvalue weighted by atomic mass is 35.5. The van der Waals surface area contributed by atoms with E-state index < -0.39 is 12.1 Å². The molecule has 0 bridgehead atoms. The molecule has 1 aliphatic heterocycles. The lowest BCUT2D eigenvalue weighted by molar-refractivity contribution is -0.121. The Morgan fingerprint density at radius 3 is 2.76 bits per heavy atom. The fourth-order valence-corrected chi connectivity index (χ4v) is 4.52. The number of thioether (sulfide) groups is 1. The van der Waals surface area contributed by atoms with Crippen LogP contribution in [0.5, 0.6) is 0 Å². The van der Waals surface area contributed by atoms with Crippen molar-refractivity contribution in [3.8, 4) is 5.69 Å². The SMILES string of the molecule is Cc1cccc(-n2c(CC3CC(=O)NC(=O)N3)nnc2SCC(=O)Nc2ccc(C)c(Cl)c2)c1.